The zero-order valence-electron chi connectivity index (χ0n) is 13.3. The molecule has 0 aromatic heterocycles. The van der Waals surface area contributed by atoms with Crippen LogP contribution in [0.1, 0.15) is 69.8 Å². The highest BCUT2D eigenvalue weighted by molar-refractivity contribution is 14.1. The van der Waals surface area contributed by atoms with Crippen molar-refractivity contribution in [3.8, 4) is 0 Å². The van der Waals surface area contributed by atoms with Crippen molar-refractivity contribution < 1.29 is 8.78 Å². The summed E-state index contributed by atoms with van der Waals surface area (Å²) in [5.74, 6) is 1.54. The van der Waals surface area contributed by atoms with Crippen LogP contribution in [0.5, 0.6) is 0 Å². The molecule has 1 aromatic carbocycles. The summed E-state index contributed by atoms with van der Waals surface area (Å²) in [6, 6.07) is 3.51. The van der Waals surface area contributed by atoms with Gasteiger partial charge < -0.3 is 0 Å². The lowest BCUT2D eigenvalue weighted by Crippen LogP contribution is -2.25. The summed E-state index contributed by atoms with van der Waals surface area (Å²) in [7, 11) is 0. The fourth-order valence-electron chi connectivity index (χ4n) is 4.52. The van der Waals surface area contributed by atoms with Gasteiger partial charge in [-0.25, -0.2) is 8.78 Å². The molecule has 0 bridgehead atoms. The second-order valence-electron chi connectivity index (χ2n) is 7.40. The Morgan fingerprint density at radius 2 is 1.36 bits per heavy atom. The molecule has 0 N–H and O–H groups in total. The molecule has 0 radical (unpaired) electrons. The summed E-state index contributed by atoms with van der Waals surface area (Å²) in [5, 5.41) is 0. The van der Waals surface area contributed by atoms with Crippen molar-refractivity contribution in [3.05, 3.63) is 32.9 Å². The Labute approximate surface area is 146 Å². The number of hydrogen-bond donors (Lipinski definition) is 0. The number of halogens is 3. The van der Waals surface area contributed by atoms with E-state index in [1.807, 2.05) is 22.6 Å². The summed E-state index contributed by atoms with van der Waals surface area (Å²) in [4.78, 5) is 0. The first-order valence-electron chi connectivity index (χ1n) is 8.69. The molecule has 1 aromatic rings. The first-order chi connectivity index (χ1) is 10.6. The van der Waals surface area contributed by atoms with Crippen LogP contribution in [-0.2, 0) is 0 Å². The highest BCUT2D eigenvalue weighted by Gasteiger charge is 2.31. The lowest BCUT2D eigenvalue weighted by molar-refractivity contribution is 0.164. The lowest BCUT2D eigenvalue weighted by atomic mass is 9.68. The predicted molar refractivity (Wildman–Crippen MR) is 94.9 cm³/mol. The highest BCUT2D eigenvalue weighted by Crippen LogP contribution is 2.44. The minimum Gasteiger partial charge on any atom is -0.203 e. The summed E-state index contributed by atoms with van der Waals surface area (Å²) in [6.07, 6.45) is 9.93. The molecule has 0 unspecified atom stereocenters. The van der Waals surface area contributed by atoms with Crippen molar-refractivity contribution in [1.29, 1.82) is 0 Å². The van der Waals surface area contributed by atoms with Crippen LogP contribution in [0.2, 0.25) is 0 Å². The normalized spacial score (nSPS) is 32.9. The Hall–Kier alpha value is -0.190. The van der Waals surface area contributed by atoms with Gasteiger partial charge in [0.2, 0.25) is 0 Å². The molecule has 0 aliphatic heterocycles. The van der Waals surface area contributed by atoms with E-state index in [0.29, 0.717) is 9.13 Å². The second-order valence-corrected chi connectivity index (χ2v) is 8.56. The van der Waals surface area contributed by atoms with E-state index in [0.717, 1.165) is 30.6 Å². The zero-order chi connectivity index (χ0) is 15.7. The third-order valence-corrected chi connectivity index (χ3v) is 6.84. The van der Waals surface area contributed by atoms with E-state index >= 15 is 0 Å². The van der Waals surface area contributed by atoms with Crippen LogP contribution in [-0.4, -0.2) is 0 Å². The Morgan fingerprint density at radius 3 is 1.95 bits per heavy atom. The Kier molecular flexibility index (Phi) is 5.41. The predicted octanol–water partition coefficient (Wildman–Crippen LogP) is 6.67. The third kappa shape index (κ3) is 3.49. The molecular formula is C19H25F2I. The molecule has 2 saturated carbocycles. The molecule has 2 aliphatic rings. The van der Waals surface area contributed by atoms with Crippen LogP contribution in [0.3, 0.4) is 0 Å². The molecule has 2 fully saturated rings. The summed E-state index contributed by atoms with van der Waals surface area (Å²) in [6.45, 7) is 2.36. The average molecular weight is 418 g/mol. The van der Waals surface area contributed by atoms with E-state index in [9.17, 15) is 8.78 Å². The van der Waals surface area contributed by atoms with Gasteiger partial charge in [0.25, 0.3) is 0 Å². The average Bonchev–Trinajstić information content (AvgIpc) is 2.54. The van der Waals surface area contributed by atoms with Crippen molar-refractivity contribution in [2.75, 3.05) is 0 Å². The maximum atomic E-state index is 14.2. The smallest absolute Gasteiger partial charge is 0.172 e. The molecule has 0 heterocycles. The number of benzene rings is 1. The van der Waals surface area contributed by atoms with Crippen LogP contribution in [0, 0.1) is 33.0 Å². The fourth-order valence-corrected chi connectivity index (χ4v) is 4.93. The maximum absolute atomic E-state index is 14.2. The number of hydrogen-bond acceptors (Lipinski definition) is 0. The van der Waals surface area contributed by atoms with Crippen molar-refractivity contribution in [3.63, 3.8) is 0 Å². The van der Waals surface area contributed by atoms with E-state index in [2.05, 4.69) is 6.92 Å². The van der Waals surface area contributed by atoms with Gasteiger partial charge >= 0.3 is 0 Å². The Balaban J connectivity index is 1.61. The molecule has 122 valence electrons. The third-order valence-electron chi connectivity index (χ3n) is 6.00. The monoisotopic (exact) mass is 418 g/mol. The van der Waals surface area contributed by atoms with Crippen molar-refractivity contribution in [2.24, 2.45) is 17.8 Å². The Morgan fingerprint density at radius 1 is 0.818 bits per heavy atom. The van der Waals surface area contributed by atoms with Crippen LogP contribution in [0.25, 0.3) is 0 Å². The highest BCUT2D eigenvalue weighted by atomic mass is 127. The van der Waals surface area contributed by atoms with E-state index in [1.54, 1.807) is 12.1 Å². The topological polar surface area (TPSA) is 0 Å². The van der Waals surface area contributed by atoms with Crippen molar-refractivity contribution in [1.82, 2.24) is 0 Å². The summed E-state index contributed by atoms with van der Waals surface area (Å²) < 4.78 is 28.3. The SMILES string of the molecule is CC1CCC(C2CCC(c3ccc(I)c(F)c3F)CC2)CC1. The molecule has 2 aliphatic carbocycles. The van der Waals surface area contributed by atoms with Gasteiger partial charge in [-0.15, -0.1) is 0 Å². The van der Waals surface area contributed by atoms with E-state index in [1.165, 1.54) is 38.5 Å². The molecule has 3 heteroatoms. The van der Waals surface area contributed by atoms with Crippen LogP contribution in [0.15, 0.2) is 12.1 Å². The molecule has 3 rings (SSSR count). The maximum Gasteiger partial charge on any atom is 0.172 e. The van der Waals surface area contributed by atoms with Crippen molar-refractivity contribution in [2.45, 2.75) is 64.2 Å². The van der Waals surface area contributed by atoms with Gasteiger partial charge in [-0.2, -0.15) is 0 Å². The molecule has 0 nitrogen and oxygen atoms in total. The van der Waals surface area contributed by atoms with Gasteiger partial charge in [0.1, 0.15) is 0 Å². The van der Waals surface area contributed by atoms with Gasteiger partial charge in [0.15, 0.2) is 11.6 Å². The Bertz CT molecular complexity index is 512. The first-order valence-corrected chi connectivity index (χ1v) is 9.77. The van der Waals surface area contributed by atoms with Crippen LogP contribution >= 0.6 is 22.6 Å². The molecule has 22 heavy (non-hydrogen) atoms. The lowest BCUT2D eigenvalue weighted by Gasteiger charge is -2.37. The first kappa shape index (κ1) is 16.7. The minimum absolute atomic E-state index is 0.213. The van der Waals surface area contributed by atoms with E-state index in [-0.39, 0.29) is 5.92 Å². The summed E-state index contributed by atoms with van der Waals surface area (Å²) in [5.41, 5.74) is 0.605. The van der Waals surface area contributed by atoms with E-state index < -0.39 is 11.6 Å². The van der Waals surface area contributed by atoms with Gasteiger partial charge in [0, 0.05) is 0 Å². The van der Waals surface area contributed by atoms with Crippen LogP contribution < -0.4 is 0 Å². The molecule has 0 amide bonds. The molecule has 0 saturated heterocycles. The largest absolute Gasteiger partial charge is 0.203 e. The van der Waals surface area contributed by atoms with Gasteiger partial charge in [0.05, 0.1) is 3.57 Å². The van der Waals surface area contributed by atoms with Gasteiger partial charge in [-0.05, 0) is 96.4 Å². The molecule has 0 spiro atoms. The fraction of sp³-hybridized carbons (Fsp3) is 0.684. The minimum atomic E-state index is -0.665. The van der Waals surface area contributed by atoms with Crippen molar-refractivity contribution >= 4 is 22.6 Å². The zero-order valence-corrected chi connectivity index (χ0v) is 15.4. The second kappa shape index (κ2) is 7.14. The molecular weight excluding hydrogens is 393 g/mol. The molecule has 0 atom stereocenters. The van der Waals surface area contributed by atoms with Gasteiger partial charge in [-0.3, -0.25) is 0 Å². The van der Waals surface area contributed by atoms with Gasteiger partial charge in [-0.1, -0.05) is 25.8 Å². The quantitative estimate of drug-likeness (QED) is 0.372. The standard InChI is InChI=1S/C19H25F2I/c1-12-2-4-13(5-3-12)14-6-8-15(9-7-14)16-10-11-17(22)19(21)18(16)20/h10-15H,2-9H2,1H3. The number of rotatable bonds is 2. The summed E-state index contributed by atoms with van der Waals surface area (Å²) >= 11 is 1.86. The van der Waals surface area contributed by atoms with E-state index in [4.69, 9.17) is 0 Å². The van der Waals surface area contributed by atoms with Crippen LogP contribution in [0.4, 0.5) is 8.78 Å².